The van der Waals surface area contributed by atoms with Gasteiger partial charge in [0.1, 0.15) is 16.7 Å². The summed E-state index contributed by atoms with van der Waals surface area (Å²) in [4.78, 5) is 11.6. The van der Waals surface area contributed by atoms with E-state index in [1.807, 2.05) is 19.0 Å². The summed E-state index contributed by atoms with van der Waals surface area (Å²) in [6, 6.07) is 14.2. The molecule has 0 unspecified atom stereocenters. The maximum absolute atomic E-state index is 10.3. The SMILES string of the molecule is COc1cc(-c2nc(SCc3ccc(C)cc3)nc(Sc3nnnn3CCN(C)C)c2C#N)cc(OC)c1OC. The molecule has 13 heteroatoms. The van der Waals surface area contributed by atoms with Crippen molar-refractivity contribution in [2.75, 3.05) is 42.0 Å². The number of likely N-dealkylation sites (N-methyl/N-ethyl adjacent to an activating group) is 1. The maximum atomic E-state index is 10.3. The fourth-order valence-corrected chi connectivity index (χ4v) is 5.43. The number of benzene rings is 2. The standard InChI is InChI=1S/C27H30N8O3S2/c1-17-7-9-18(10-8-17)16-39-26-29-23(19-13-21(36-4)24(38-6)22(14-19)37-5)20(15-28)25(30-26)40-27-31-32-33-35(27)12-11-34(2)3/h7-10,13-14H,11-12,16H2,1-6H3. The summed E-state index contributed by atoms with van der Waals surface area (Å²) in [6.07, 6.45) is 0. The Bertz CT molecular complexity index is 1480. The molecule has 4 rings (SSSR count). The summed E-state index contributed by atoms with van der Waals surface area (Å²) < 4.78 is 18.3. The summed E-state index contributed by atoms with van der Waals surface area (Å²) in [6.45, 7) is 3.39. The van der Waals surface area contributed by atoms with E-state index >= 15 is 0 Å². The molecule has 0 saturated carbocycles. The third-order valence-electron chi connectivity index (χ3n) is 5.84. The van der Waals surface area contributed by atoms with Gasteiger partial charge in [-0.25, -0.2) is 14.6 Å². The zero-order valence-electron chi connectivity index (χ0n) is 23.2. The third kappa shape index (κ3) is 6.82. The highest BCUT2D eigenvalue weighted by Crippen LogP contribution is 2.43. The molecule has 0 fully saturated rings. The van der Waals surface area contributed by atoms with Crippen molar-refractivity contribution >= 4 is 23.5 Å². The fraction of sp³-hybridized carbons (Fsp3) is 0.333. The van der Waals surface area contributed by atoms with E-state index in [0.29, 0.717) is 61.7 Å². The van der Waals surface area contributed by atoms with Crippen molar-refractivity contribution < 1.29 is 14.2 Å². The van der Waals surface area contributed by atoms with Gasteiger partial charge in [-0.1, -0.05) is 41.6 Å². The predicted octanol–water partition coefficient (Wildman–Crippen LogP) is 4.34. The first-order valence-corrected chi connectivity index (χ1v) is 14.1. The number of hydrogen-bond donors (Lipinski definition) is 0. The zero-order valence-corrected chi connectivity index (χ0v) is 24.8. The second kappa shape index (κ2) is 13.5. The smallest absolute Gasteiger partial charge is 0.215 e. The van der Waals surface area contributed by atoms with Crippen LogP contribution < -0.4 is 14.2 Å². The zero-order chi connectivity index (χ0) is 28.6. The van der Waals surface area contributed by atoms with Crippen LogP contribution in [0.15, 0.2) is 51.7 Å². The lowest BCUT2D eigenvalue weighted by atomic mass is 10.1. The molecule has 0 aliphatic heterocycles. The van der Waals surface area contributed by atoms with Gasteiger partial charge in [0.2, 0.25) is 10.9 Å². The average Bonchev–Trinajstić information content (AvgIpc) is 3.41. The molecule has 2 aromatic carbocycles. The molecule has 40 heavy (non-hydrogen) atoms. The van der Waals surface area contributed by atoms with Crippen molar-refractivity contribution in [2.45, 2.75) is 34.6 Å². The quantitative estimate of drug-likeness (QED) is 0.135. The van der Waals surface area contributed by atoms with Gasteiger partial charge in [-0.3, -0.25) is 0 Å². The Kier molecular flexibility index (Phi) is 9.81. The highest BCUT2D eigenvalue weighted by Gasteiger charge is 2.23. The van der Waals surface area contributed by atoms with E-state index in [0.717, 1.165) is 12.1 Å². The highest BCUT2D eigenvalue weighted by molar-refractivity contribution is 7.99. The van der Waals surface area contributed by atoms with Crippen LogP contribution in [0.5, 0.6) is 17.2 Å². The van der Waals surface area contributed by atoms with Crippen LogP contribution >= 0.6 is 23.5 Å². The molecule has 0 amide bonds. The number of hydrogen-bond acceptors (Lipinski definition) is 12. The van der Waals surface area contributed by atoms with Crippen molar-refractivity contribution in [2.24, 2.45) is 0 Å². The van der Waals surface area contributed by atoms with E-state index < -0.39 is 0 Å². The summed E-state index contributed by atoms with van der Waals surface area (Å²) in [5.74, 6) is 2.01. The second-order valence-corrected chi connectivity index (χ2v) is 10.8. The van der Waals surface area contributed by atoms with Crippen LogP contribution in [0.4, 0.5) is 0 Å². The van der Waals surface area contributed by atoms with E-state index in [4.69, 9.17) is 24.2 Å². The Hall–Kier alpha value is -3.86. The van der Waals surface area contributed by atoms with Gasteiger partial charge in [-0.15, -0.1) is 5.10 Å². The van der Waals surface area contributed by atoms with Crippen molar-refractivity contribution in [1.82, 2.24) is 35.1 Å². The van der Waals surface area contributed by atoms with Crippen molar-refractivity contribution in [3.05, 3.63) is 53.1 Å². The number of nitrogens with zero attached hydrogens (tertiary/aromatic N) is 8. The minimum atomic E-state index is 0.293. The normalized spacial score (nSPS) is 10.9. The molecule has 0 aliphatic rings. The maximum Gasteiger partial charge on any atom is 0.215 e. The van der Waals surface area contributed by atoms with Gasteiger partial charge in [0, 0.05) is 17.9 Å². The van der Waals surface area contributed by atoms with Gasteiger partial charge >= 0.3 is 0 Å². The van der Waals surface area contributed by atoms with Crippen LogP contribution in [-0.2, 0) is 12.3 Å². The molecular weight excluding hydrogens is 548 g/mol. The Morgan fingerprint density at radius 1 is 1.00 bits per heavy atom. The number of rotatable bonds is 12. The van der Waals surface area contributed by atoms with E-state index in [1.165, 1.54) is 29.1 Å². The summed E-state index contributed by atoms with van der Waals surface area (Å²) in [7, 11) is 8.60. The number of aryl methyl sites for hydroxylation is 1. The molecule has 4 aromatic rings. The lowest BCUT2D eigenvalue weighted by Gasteiger charge is -2.16. The van der Waals surface area contributed by atoms with Crippen molar-refractivity contribution in [1.29, 1.82) is 5.26 Å². The Labute approximate surface area is 241 Å². The molecule has 2 heterocycles. The Morgan fingerprint density at radius 2 is 1.70 bits per heavy atom. The van der Waals surface area contributed by atoms with E-state index in [-0.39, 0.29) is 0 Å². The highest BCUT2D eigenvalue weighted by atomic mass is 32.2. The summed E-state index contributed by atoms with van der Waals surface area (Å²) in [5.41, 5.74) is 3.69. The molecule has 0 radical (unpaired) electrons. The minimum Gasteiger partial charge on any atom is -0.493 e. The first kappa shape index (κ1) is 29.1. The van der Waals surface area contributed by atoms with Gasteiger partial charge in [0.05, 0.1) is 33.6 Å². The monoisotopic (exact) mass is 578 g/mol. The van der Waals surface area contributed by atoms with E-state index in [9.17, 15) is 5.26 Å². The number of nitriles is 1. The minimum absolute atomic E-state index is 0.293. The molecular formula is C27H30N8O3S2. The van der Waals surface area contributed by atoms with Crippen molar-refractivity contribution in [3.63, 3.8) is 0 Å². The van der Waals surface area contributed by atoms with Crippen LogP contribution in [-0.4, -0.2) is 77.0 Å². The number of ether oxygens (including phenoxy) is 3. The largest absolute Gasteiger partial charge is 0.493 e. The lowest BCUT2D eigenvalue weighted by Crippen LogP contribution is -2.19. The molecule has 0 bridgehead atoms. The molecule has 0 spiro atoms. The summed E-state index contributed by atoms with van der Waals surface area (Å²) >= 11 is 2.71. The Balaban J connectivity index is 1.81. The van der Waals surface area contributed by atoms with Crippen LogP contribution in [0.25, 0.3) is 11.3 Å². The molecule has 0 N–H and O–H groups in total. The molecule has 2 aromatic heterocycles. The fourth-order valence-electron chi connectivity index (χ4n) is 3.71. The molecule has 0 aliphatic carbocycles. The van der Waals surface area contributed by atoms with Gasteiger partial charge in [-0.05, 0) is 60.9 Å². The van der Waals surface area contributed by atoms with Gasteiger partial charge in [0.25, 0.3) is 0 Å². The van der Waals surface area contributed by atoms with E-state index in [2.05, 4.69) is 52.8 Å². The Morgan fingerprint density at radius 3 is 2.30 bits per heavy atom. The number of thioether (sulfide) groups is 1. The average molecular weight is 579 g/mol. The van der Waals surface area contributed by atoms with Crippen LogP contribution in [0.3, 0.4) is 0 Å². The first-order valence-electron chi connectivity index (χ1n) is 12.3. The number of aromatic nitrogens is 6. The molecule has 208 valence electrons. The predicted molar refractivity (Wildman–Crippen MR) is 153 cm³/mol. The number of tetrazole rings is 1. The summed E-state index contributed by atoms with van der Waals surface area (Å²) in [5, 5.41) is 24.0. The second-order valence-electron chi connectivity index (χ2n) is 8.92. The first-order chi connectivity index (χ1) is 19.4. The topological polar surface area (TPSA) is 124 Å². The van der Waals surface area contributed by atoms with Crippen molar-refractivity contribution in [3.8, 4) is 34.6 Å². The molecule has 0 atom stereocenters. The van der Waals surface area contributed by atoms with Crippen LogP contribution in [0, 0.1) is 18.3 Å². The third-order valence-corrected chi connectivity index (χ3v) is 7.72. The van der Waals surface area contributed by atoms with Crippen LogP contribution in [0.2, 0.25) is 0 Å². The van der Waals surface area contributed by atoms with Gasteiger partial charge in [0.15, 0.2) is 16.7 Å². The van der Waals surface area contributed by atoms with Gasteiger partial charge in [-0.2, -0.15) is 5.26 Å². The van der Waals surface area contributed by atoms with Crippen LogP contribution in [0.1, 0.15) is 16.7 Å². The van der Waals surface area contributed by atoms with E-state index in [1.54, 1.807) is 38.1 Å². The lowest BCUT2D eigenvalue weighted by molar-refractivity contribution is 0.324. The molecule has 0 saturated heterocycles. The van der Waals surface area contributed by atoms with Gasteiger partial charge < -0.3 is 19.1 Å². The number of methoxy groups -OCH3 is 3. The molecule has 11 nitrogen and oxygen atoms in total.